The van der Waals surface area contributed by atoms with Crippen LogP contribution in [0.25, 0.3) is 0 Å². The second-order valence-electron chi connectivity index (χ2n) is 4.33. The van der Waals surface area contributed by atoms with Gasteiger partial charge in [-0.05, 0) is 25.0 Å². The summed E-state index contributed by atoms with van der Waals surface area (Å²) < 4.78 is 5.52. The maximum Gasteiger partial charge on any atom is 0.153 e. The van der Waals surface area contributed by atoms with E-state index in [-0.39, 0.29) is 12.7 Å². The van der Waals surface area contributed by atoms with E-state index in [0.717, 1.165) is 31.7 Å². The average molecular weight is 272 g/mol. The van der Waals surface area contributed by atoms with E-state index in [1.807, 2.05) is 0 Å². The smallest absolute Gasteiger partial charge is 0.153 e. The molecule has 0 aliphatic carbocycles. The van der Waals surface area contributed by atoms with Crippen molar-refractivity contribution in [2.24, 2.45) is 0 Å². The van der Waals surface area contributed by atoms with Gasteiger partial charge in [-0.1, -0.05) is 11.6 Å². The Hall–Kier alpha value is -1.04. The van der Waals surface area contributed by atoms with Crippen molar-refractivity contribution in [2.45, 2.75) is 18.9 Å². The van der Waals surface area contributed by atoms with Gasteiger partial charge < -0.3 is 20.5 Å². The molecule has 0 aromatic carbocycles. The molecule has 1 saturated heterocycles. The van der Waals surface area contributed by atoms with Crippen molar-refractivity contribution in [1.29, 1.82) is 0 Å². The van der Waals surface area contributed by atoms with Crippen LogP contribution in [0.2, 0.25) is 5.15 Å². The lowest BCUT2D eigenvalue weighted by Crippen LogP contribution is -2.38. The minimum Gasteiger partial charge on any atom is -0.396 e. The van der Waals surface area contributed by atoms with E-state index < -0.39 is 0 Å². The first-order valence-electron chi connectivity index (χ1n) is 6.10. The second kappa shape index (κ2) is 6.22. The van der Waals surface area contributed by atoms with E-state index >= 15 is 0 Å². The molecule has 0 saturated carbocycles. The molecule has 0 atom stereocenters. The molecule has 0 spiro atoms. The molecular formula is C12H18ClN3O2. The minimum absolute atomic E-state index is 0.0724. The number of anilines is 2. The molecule has 6 heteroatoms. The van der Waals surface area contributed by atoms with Gasteiger partial charge in [0.25, 0.3) is 0 Å². The second-order valence-corrected chi connectivity index (χ2v) is 4.71. The number of nitrogens with two attached hydrogens (primary N) is 1. The van der Waals surface area contributed by atoms with Crippen molar-refractivity contribution in [3.63, 3.8) is 0 Å². The lowest BCUT2D eigenvalue weighted by molar-refractivity contribution is 0.0158. The zero-order valence-electron chi connectivity index (χ0n) is 10.2. The molecule has 0 amide bonds. The third-order valence-electron chi connectivity index (χ3n) is 3.06. The van der Waals surface area contributed by atoms with Crippen LogP contribution in [0.4, 0.5) is 11.5 Å². The van der Waals surface area contributed by atoms with Gasteiger partial charge in [0.2, 0.25) is 0 Å². The van der Waals surface area contributed by atoms with Crippen LogP contribution in [0.5, 0.6) is 0 Å². The Bertz CT molecular complexity index is 395. The van der Waals surface area contributed by atoms with Crippen molar-refractivity contribution in [2.75, 3.05) is 36.9 Å². The number of nitrogens with zero attached hydrogens (tertiary/aromatic N) is 2. The third kappa shape index (κ3) is 3.25. The molecule has 100 valence electrons. The predicted molar refractivity (Wildman–Crippen MR) is 71.9 cm³/mol. The highest BCUT2D eigenvalue weighted by Gasteiger charge is 2.21. The number of pyridine rings is 1. The monoisotopic (exact) mass is 271 g/mol. The molecule has 2 heterocycles. The van der Waals surface area contributed by atoms with Gasteiger partial charge in [0.15, 0.2) is 5.82 Å². The van der Waals surface area contributed by atoms with Crippen LogP contribution in [0.1, 0.15) is 12.8 Å². The average Bonchev–Trinajstić information content (AvgIpc) is 2.40. The molecule has 0 bridgehead atoms. The molecule has 18 heavy (non-hydrogen) atoms. The van der Waals surface area contributed by atoms with E-state index in [4.69, 9.17) is 27.2 Å². The number of halogens is 1. The number of aliphatic hydroxyl groups is 1. The normalized spacial score (nSPS) is 17.1. The first-order valence-corrected chi connectivity index (χ1v) is 6.48. The molecule has 1 aliphatic rings. The fourth-order valence-electron chi connectivity index (χ4n) is 2.14. The molecule has 1 aliphatic heterocycles. The van der Waals surface area contributed by atoms with Gasteiger partial charge in [0.05, 0.1) is 25.0 Å². The number of hydrogen-bond acceptors (Lipinski definition) is 5. The lowest BCUT2D eigenvalue weighted by Gasteiger charge is -2.33. The fraction of sp³-hybridized carbons (Fsp3) is 0.583. The Morgan fingerprint density at radius 2 is 2.17 bits per heavy atom. The first-order chi connectivity index (χ1) is 8.70. The largest absolute Gasteiger partial charge is 0.396 e. The van der Waals surface area contributed by atoms with Gasteiger partial charge in [0, 0.05) is 13.1 Å². The fourth-order valence-corrected chi connectivity index (χ4v) is 2.29. The van der Waals surface area contributed by atoms with Crippen LogP contribution in [-0.4, -0.2) is 42.5 Å². The Balaban J connectivity index is 1.94. The highest BCUT2D eigenvalue weighted by molar-refractivity contribution is 6.29. The highest BCUT2D eigenvalue weighted by Crippen LogP contribution is 2.26. The minimum atomic E-state index is 0.0724. The van der Waals surface area contributed by atoms with Crippen LogP contribution < -0.4 is 10.6 Å². The SMILES string of the molecule is Nc1ccc(Cl)nc1N1CCC(OCCO)CC1. The quantitative estimate of drug-likeness (QED) is 0.808. The molecular weight excluding hydrogens is 254 g/mol. The molecule has 0 radical (unpaired) electrons. The van der Waals surface area contributed by atoms with Crippen molar-refractivity contribution in [3.8, 4) is 0 Å². The molecule has 0 unspecified atom stereocenters. The van der Waals surface area contributed by atoms with Gasteiger partial charge in [0.1, 0.15) is 5.15 Å². The standard InChI is InChI=1S/C12H18ClN3O2/c13-11-2-1-10(14)12(15-11)16-5-3-9(4-6-16)18-8-7-17/h1-2,9,17H,3-8,14H2. The molecule has 3 N–H and O–H groups in total. The van der Waals surface area contributed by atoms with Crippen LogP contribution in [0.15, 0.2) is 12.1 Å². The van der Waals surface area contributed by atoms with Crippen LogP contribution in [0, 0.1) is 0 Å². The Labute approximate surface area is 112 Å². The van der Waals surface area contributed by atoms with Crippen LogP contribution in [0.3, 0.4) is 0 Å². The van der Waals surface area contributed by atoms with Gasteiger partial charge in [-0.15, -0.1) is 0 Å². The molecule has 1 aromatic heterocycles. The summed E-state index contributed by atoms with van der Waals surface area (Å²) in [6.07, 6.45) is 2.04. The maximum absolute atomic E-state index is 8.72. The highest BCUT2D eigenvalue weighted by atomic mass is 35.5. The topological polar surface area (TPSA) is 71.6 Å². The summed E-state index contributed by atoms with van der Waals surface area (Å²) in [5.41, 5.74) is 6.56. The molecule has 5 nitrogen and oxygen atoms in total. The number of piperidine rings is 1. The zero-order chi connectivity index (χ0) is 13.0. The number of nitrogen functional groups attached to an aromatic ring is 1. The van der Waals surface area contributed by atoms with Crippen molar-refractivity contribution in [1.82, 2.24) is 4.98 Å². The summed E-state index contributed by atoms with van der Waals surface area (Å²) in [5.74, 6) is 0.753. The number of hydrogen-bond donors (Lipinski definition) is 2. The van der Waals surface area contributed by atoms with Gasteiger partial charge in [-0.25, -0.2) is 4.98 Å². The summed E-state index contributed by atoms with van der Waals surface area (Å²) >= 11 is 5.89. The summed E-state index contributed by atoms with van der Waals surface area (Å²) in [5, 5.41) is 9.17. The molecule has 2 rings (SSSR count). The van der Waals surface area contributed by atoms with Gasteiger partial charge >= 0.3 is 0 Å². The third-order valence-corrected chi connectivity index (χ3v) is 3.27. The van der Waals surface area contributed by atoms with E-state index in [1.54, 1.807) is 12.1 Å². The summed E-state index contributed by atoms with van der Waals surface area (Å²) in [6, 6.07) is 3.47. The Morgan fingerprint density at radius 1 is 1.44 bits per heavy atom. The van der Waals surface area contributed by atoms with Crippen LogP contribution >= 0.6 is 11.6 Å². The molecule has 1 aromatic rings. The predicted octanol–water partition coefficient (Wildman–Crippen LogP) is 1.29. The van der Waals surface area contributed by atoms with E-state index in [2.05, 4.69) is 9.88 Å². The van der Waals surface area contributed by atoms with Crippen molar-refractivity contribution in [3.05, 3.63) is 17.3 Å². The van der Waals surface area contributed by atoms with E-state index in [9.17, 15) is 0 Å². The van der Waals surface area contributed by atoms with Gasteiger partial charge in [-0.2, -0.15) is 0 Å². The number of rotatable bonds is 4. The first kappa shape index (κ1) is 13.4. The number of aliphatic hydroxyl groups excluding tert-OH is 1. The van der Waals surface area contributed by atoms with Crippen LogP contribution in [-0.2, 0) is 4.74 Å². The summed E-state index contributed by atoms with van der Waals surface area (Å²) in [4.78, 5) is 6.39. The Morgan fingerprint density at radius 3 is 2.83 bits per heavy atom. The zero-order valence-corrected chi connectivity index (χ0v) is 10.9. The van der Waals surface area contributed by atoms with Crippen molar-refractivity contribution >= 4 is 23.1 Å². The summed E-state index contributed by atoms with van der Waals surface area (Å²) in [6.45, 7) is 2.16. The summed E-state index contributed by atoms with van der Waals surface area (Å²) in [7, 11) is 0. The number of aromatic nitrogens is 1. The molecule has 1 fully saturated rings. The Kier molecular flexibility index (Phi) is 4.63. The lowest BCUT2D eigenvalue weighted by atomic mass is 10.1. The van der Waals surface area contributed by atoms with E-state index in [1.165, 1.54) is 0 Å². The van der Waals surface area contributed by atoms with E-state index in [0.29, 0.717) is 17.4 Å². The maximum atomic E-state index is 8.72. The van der Waals surface area contributed by atoms with Gasteiger partial charge in [-0.3, -0.25) is 0 Å². The number of ether oxygens (including phenoxy) is 1. The van der Waals surface area contributed by atoms with Crippen molar-refractivity contribution < 1.29 is 9.84 Å².